The van der Waals surface area contributed by atoms with Gasteiger partial charge in [0.15, 0.2) is 5.13 Å². The molecule has 0 aliphatic rings. The Morgan fingerprint density at radius 1 is 1.00 bits per heavy atom. The van der Waals surface area contributed by atoms with Crippen LogP contribution in [0.15, 0.2) is 76.7 Å². The summed E-state index contributed by atoms with van der Waals surface area (Å²) in [6.45, 7) is 0. The molecule has 1 amide bonds. The van der Waals surface area contributed by atoms with Gasteiger partial charge in [0.2, 0.25) is 5.91 Å². The molecular formula is C21H17N3O2S. The maximum absolute atomic E-state index is 12.2. The Labute approximate surface area is 160 Å². The monoisotopic (exact) mass is 375 g/mol. The Hall–Kier alpha value is -3.25. The zero-order valence-corrected chi connectivity index (χ0v) is 15.3. The first kappa shape index (κ1) is 17.2. The van der Waals surface area contributed by atoms with E-state index in [1.807, 2.05) is 66.0 Å². The number of nitrogens with one attached hydrogen (secondary N) is 1. The van der Waals surface area contributed by atoms with Crippen LogP contribution in [-0.4, -0.2) is 15.9 Å². The van der Waals surface area contributed by atoms with Crippen LogP contribution in [0.1, 0.15) is 12.2 Å². The molecule has 0 aliphatic heterocycles. The summed E-state index contributed by atoms with van der Waals surface area (Å²) in [5, 5.41) is 5.30. The molecule has 134 valence electrons. The number of aryl methyl sites for hydroxylation is 1. The second-order valence-electron chi connectivity index (χ2n) is 5.93. The second-order valence-corrected chi connectivity index (χ2v) is 6.79. The highest BCUT2D eigenvalue weighted by atomic mass is 32.1. The minimum Gasteiger partial charge on any atom is -0.461 e. The largest absolute Gasteiger partial charge is 0.461 e. The Morgan fingerprint density at radius 3 is 2.67 bits per heavy atom. The molecule has 0 fully saturated rings. The van der Waals surface area contributed by atoms with Crippen molar-refractivity contribution in [2.45, 2.75) is 12.8 Å². The van der Waals surface area contributed by atoms with E-state index in [2.05, 4.69) is 15.3 Å². The van der Waals surface area contributed by atoms with Gasteiger partial charge in [-0.1, -0.05) is 36.4 Å². The van der Waals surface area contributed by atoms with Crippen molar-refractivity contribution < 1.29 is 9.21 Å². The number of hydrogen-bond acceptors (Lipinski definition) is 5. The summed E-state index contributed by atoms with van der Waals surface area (Å²) in [5.41, 5.74) is 2.57. The van der Waals surface area contributed by atoms with Crippen LogP contribution >= 0.6 is 11.3 Å². The van der Waals surface area contributed by atoms with E-state index in [1.165, 1.54) is 11.3 Å². The predicted octanol–water partition coefficient (Wildman–Crippen LogP) is 5.04. The van der Waals surface area contributed by atoms with Gasteiger partial charge in [-0.05, 0) is 24.3 Å². The highest BCUT2D eigenvalue weighted by molar-refractivity contribution is 7.14. The van der Waals surface area contributed by atoms with Crippen molar-refractivity contribution in [3.63, 3.8) is 0 Å². The molecule has 0 saturated heterocycles. The molecule has 4 aromatic rings. The van der Waals surface area contributed by atoms with Gasteiger partial charge in [-0.2, -0.15) is 0 Å². The molecule has 3 heterocycles. The Morgan fingerprint density at radius 2 is 1.85 bits per heavy atom. The molecule has 27 heavy (non-hydrogen) atoms. The van der Waals surface area contributed by atoms with Crippen LogP contribution in [0.25, 0.3) is 22.7 Å². The van der Waals surface area contributed by atoms with Gasteiger partial charge in [0.1, 0.15) is 17.2 Å². The minimum absolute atomic E-state index is 0.0884. The van der Waals surface area contributed by atoms with Gasteiger partial charge in [0.05, 0.1) is 5.69 Å². The molecule has 0 spiro atoms. The number of hydrogen-bond donors (Lipinski definition) is 1. The molecule has 6 heteroatoms. The van der Waals surface area contributed by atoms with Crippen LogP contribution < -0.4 is 5.32 Å². The SMILES string of the molecule is O=C(CCc1ccc(-c2ccccc2)o1)Nc1nc(-c2ccccn2)cs1. The summed E-state index contributed by atoms with van der Waals surface area (Å²) in [5.74, 6) is 1.51. The number of rotatable bonds is 6. The molecule has 0 saturated carbocycles. The van der Waals surface area contributed by atoms with Gasteiger partial charge in [-0.3, -0.25) is 9.78 Å². The summed E-state index contributed by atoms with van der Waals surface area (Å²) in [6.07, 6.45) is 2.59. The fourth-order valence-corrected chi connectivity index (χ4v) is 3.37. The van der Waals surface area contributed by atoms with Crippen molar-refractivity contribution in [1.82, 2.24) is 9.97 Å². The minimum atomic E-state index is -0.0884. The lowest BCUT2D eigenvalue weighted by Gasteiger charge is -2.01. The first-order valence-electron chi connectivity index (χ1n) is 8.59. The fourth-order valence-electron chi connectivity index (χ4n) is 2.65. The molecular weight excluding hydrogens is 358 g/mol. The molecule has 5 nitrogen and oxygen atoms in total. The van der Waals surface area contributed by atoms with Crippen molar-refractivity contribution in [2.24, 2.45) is 0 Å². The van der Waals surface area contributed by atoms with Crippen LogP contribution in [0, 0.1) is 0 Å². The van der Waals surface area contributed by atoms with E-state index < -0.39 is 0 Å². The molecule has 4 rings (SSSR count). The third-order valence-corrected chi connectivity index (χ3v) is 4.75. The number of amides is 1. The van der Waals surface area contributed by atoms with E-state index in [0.717, 1.165) is 28.5 Å². The van der Waals surface area contributed by atoms with E-state index >= 15 is 0 Å². The van der Waals surface area contributed by atoms with E-state index in [4.69, 9.17) is 4.42 Å². The van der Waals surface area contributed by atoms with Gasteiger partial charge in [0, 0.05) is 30.0 Å². The number of benzene rings is 1. The van der Waals surface area contributed by atoms with E-state index in [9.17, 15) is 4.79 Å². The van der Waals surface area contributed by atoms with Crippen molar-refractivity contribution in [3.8, 4) is 22.7 Å². The molecule has 0 unspecified atom stereocenters. The molecule has 1 aromatic carbocycles. The number of anilines is 1. The Bertz CT molecular complexity index is 1030. The second kappa shape index (κ2) is 7.97. The smallest absolute Gasteiger partial charge is 0.226 e. The fraction of sp³-hybridized carbons (Fsp3) is 0.0952. The summed E-state index contributed by atoms with van der Waals surface area (Å²) < 4.78 is 5.83. The predicted molar refractivity (Wildman–Crippen MR) is 106 cm³/mol. The van der Waals surface area contributed by atoms with Crippen molar-refractivity contribution in [1.29, 1.82) is 0 Å². The third kappa shape index (κ3) is 4.30. The topological polar surface area (TPSA) is 68.0 Å². The number of pyridine rings is 1. The molecule has 0 bridgehead atoms. The lowest BCUT2D eigenvalue weighted by molar-refractivity contribution is -0.116. The van der Waals surface area contributed by atoms with Crippen molar-refractivity contribution >= 4 is 22.4 Å². The van der Waals surface area contributed by atoms with Crippen molar-refractivity contribution in [3.05, 3.63) is 78.0 Å². The van der Waals surface area contributed by atoms with Gasteiger partial charge < -0.3 is 9.73 Å². The van der Waals surface area contributed by atoms with E-state index in [1.54, 1.807) is 6.20 Å². The Kier molecular flexibility index (Phi) is 5.07. The first-order chi connectivity index (χ1) is 13.3. The highest BCUT2D eigenvalue weighted by Crippen LogP contribution is 2.24. The van der Waals surface area contributed by atoms with E-state index in [0.29, 0.717) is 18.0 Å². The van der Waals surface area contributed by atoms with Crippen LogP contribution in [0.4, 0.5) is 5.13 Å². The van der Waals surface area contributed by atoms with Gasteiger partial charge >= 0.3 is 0 Å². The van der Waals surface area contributed by atoms with Gasteiger partial charge in [0.25, 0.3) is 0 Å². The molecule has 0 aliphatic carbocycles. The number of carbonyl (C=O) groups is 1. The number of thiazole rings is 1. The van der Waals surface area contributed by atoms with Crippen LogP contribution in [0.5, 0.6) is 0 Å². The van der Waals surface area contributed by atoms with Crippen molar-refractivity contribution in [2.75, 3.05) is 5.32 Å². The maximum atomic E-state index is 12.2. The molecule has 1 N–H and O–H groups in total. The highest BCUT2D eigenvalue weighted by Gasteiger charge is 2.10. The van der Waals surface area contributed by atoms with Gasteiger partial charge in [-0.25, -0.2) is 4.98 Å². The zero-order valence-electron chi connectivity index (χ0n) is 14.5. The van der Waals surface area contributed by atoms with Gasteiger partial charge in [-0.15, -0.1) is 11.3 Å². The summed E-state index contributed by atoms with van der Waals surface area (Å²) >= 11 is 1.39. The standard InChI is InChI=1S/C21H17N3O2S/c25-20(24-21-23-18(14-27-21)17-8-4-5-13-22-17)12-10-16-9-11-19(26-16)15-6-2-1-3-7-15/h1-9,11,13-14H,10,12H2,(H,23,24,25). The van der Waals surface area contributed by atoms with Crippen LogP contribution in [0.3, 0.4) is 0 Å². The average molecular weight is 375 g/mol. The maximum Gasteiger partial charge on any atom is 0.226 e. The zero-order chi connectivity index (χ0) is 18.5. The number of nitrogens with zero attached hydrogens (tertiary/aromatic N) is 2. The quantitative estimate of drug-likeness (QED) is 0.513. The van der Waals surface area contributed by atoms with Crippen LogP contribution in [-0.2, 0) is 11.2 Å². The lowest BCUT2D eigenvalue weighted by Crippen LogP contribution is -2.11. The molecule has 3 aromatic heterocycles. The van der Waals surface area contributed by atoms with Crippen LogP contribution in [0.2, 0.25) is 0 Å². The number of carbonyl (C=O) groups excluding carboxylic acids is 1. The lowest BCUT2D eigenvalue weighted by atomic mass is 10.2. The summed E-state index contributed by atoms with van der Waals surface area (Å²) in [6, 6.07) is 19.4. The first-order valence-corrected chi connectivity index (χ1v) is 9.47. The summed E-state index contributed by atoms with van der Waals surface area (Å²) in [4.78, 5) is 20.9. The Balaban J connectivity index is 1.33. The molecule has 0 radical (unpaired) electrons. The average Bonchev–Trinajstić information content (AvgIpc) is 3.37. The number of furan rings is 1. The van der Waals surface area contributed by atoms with E-state index in [-0.39, 0.29) is 5.91 Å². The normalized spacial score (nSPS) is 10.7. The number of aromatic nitrogens is 2. The third-order valence-electron chi connectivity index (χ3n) is 4.00. The molecule has 0 atom stereocenters. The summed E-state index contributed by atoms with van der Waals surface area (Å²) in [7, 11) is 0.